The van der Waals surface area contributed by atoms with E-state index in [9.17, 15) is 9.59 Å². The molecular weight excluding hydrogens is 276 g/mol. The Morgan fingerprint density at radius 1 is 1.38 bits per heavy atom. The number of rotatable bonds is 1. The zero-order valence-corrected chi connectivity index (χ0v) is 9.89. The fraction of sp³-hybridized carbons (Fsp3) is 0.100. The second-order valence-corrected chi connectivity index (χ2v) is 4.03. The second-order valence-electron chi connectivity index (χ2n) is 3.11. The first-order valence-corrected chi connectivity index (χ1v) is 5.24. The Balaban J connectivity index is 2.49. The van der Waals surface area contributed by atoms with Gasteiger partial charge in [0.25, 0.3) is 0 Å². The molecule has 16 heavy (non-hydrogen) atoms. The number of nitrogens with zero attached hydrogens (tertiary/aromatic N) is 2. The first kappa shape index (κ1) is 10.8. The van der Waals surface area contributed by atoms with E-state index in [2.05, 4.69) is 21.0 Å². The maximum atomic E-state index is 11.2. The van der Waals surface area contributed by atoms with E-state index in [1.165, 1.54) is 6.92 Å². The molecule has 2 aromatic rings. The van der Waals surface area contributed by atoms with Crippen LogP contribution < -0.4 is 5.76 Å². The van der Waals surface area contributed by atoms with E-state index in [4.69, 9.17) is 4.42 Å². The van der Waals surface area contributed by atoms with Gasteiger partial charge in [0.05, 0.1) is 0 Å². The summed E-state index contributed by atoms with van der Waals surface area (Å²) < 4.78 is 6.46. The number of benzene rings is 1. The molecule has 82 valence electrons. The summed E-state index contributed by atoms with van der Waals surface area (Å²) in [6, 6.07) is 7.06. The van der Waals surface area contributed by atoms with Crippen LogP contribution in [0.25, 0.3) is 11.5 Å². The van der Waals surface area contributed by atoms with Crippen molar-refractivity contribution in [1.82, 2.24) is 9.78 Å². The molecule has 5 nitrogen and oxygen atoms in total. The van der Waals surface area contributed by atoms with Gasteiger partial charge in [0, 0.05) is 17.0 Å². The summed E-state index contributed by atoms with van der Waals surface area (Å²) in [4.78, 5) is 22.2. The van der Waals surface area contributed by atoms with Crippen molar-refractivity contribution < 1.29 is 9.21 Å². The minimum Gasteiger partial charge on any atom is -0.387 e. The molecule has 0 saturated heterocycles. The van der Waals surface area contributed by atoms with E-state index in [1.807, 2.05) is 0 Å². The second kappa shape index (κ2) is 4.05. The van der Waals surface area contributed by atoms with Crippen LogP contribution in [-0.4, -0.2) is 15.7 Å². The van der Waals surface area contributed by atoms with Crippen LogP contribution in [0.15, 0.2) is 37.9 Å². The Kier molecular flexibility index (Phi) is 2.74. The van der Waals surface area contributed by atoms with Gasteiger partial charge in [0.15, 0.2) is 0 Å². The Labute approximate surface area is 98.8 Å². The molecule has 0 spiro atoms. The lowest BCUT2D eigenvalue weighted by molar-refractivity contribution is 0.0913. The highest BCUT2D eigenvalue weighted by Crippen LogP contribution is 2.18. The van der Waals surface area contributed by atoms with Crippen LogP contribution in [-0.2, 0) is 0 Å². The third-order valence-electron chi connectivity index (χ3n) is 1.94. The number of aromatic nitrogens is 2. The highest BCUT2D eigenvalue weighted by Gasteiger charge is 2.12. The van der Waals surface area contributed by atoms with Gasteiger partial charge in [0.2, 0.25) is 11.8 Å². The van der Waals surface area contributed by atoms with Crippen molar-refractivity contribution in [3.63, 3.8) is 0 Å². The molecule has 1 aromatic heterocycles. The molecule has 0 N–H and O–H groups in total. The molecule has 0 aliphatic rings. The molecule has 6 heteroatoms. The van der Waals surface area contributed by atoms with Crippen molar-refractivity contribution in [3.05, 3.63) is 39.3 Å². The van der Waals surface area contributed by atoms with Crippen molar-refractivity contribution in [2.24, 2.45) is 0 Å². The van der Waals surface area contributed by atoms with Gasteiger partial charge in [-0.15, -0.1) is 9.78 Å². The van der Waals surface area contributed by atoms with E-state index in [1.54, 1.807) is 24.3 Å². The lowest BCUT2D eigenvalue weighted by Gasteiger charge is -1.93. The Bertz CT molecular complexity index is 583. The lowest BCUT2D eigenvalue weighted by Crippen LogP contribution is -2.21. The topological polar surface area (TPSA) is 65.1 Å². The maximum absolute atomic E-state index is 11.2. The minimum absolute atomic E-state index is 0.132. The highest BCUT2D eigenvalue weighted by atomic mass is 79.9. The van der Waals surface area contributed by atoms with E-state index >= 15 is 0 Å². The molecule has 0 aliphatic heterocycles. The third-order valence-corrected chi connectivity index (χ3v) is 2.47. The van der Waals surface area contributed by atoms with Gasteiger partial charge >= 0.3 is 5.76 Å². The van der Waals surface area contributed by atoms with Crippen molar-refractivity contribution in [1.29, 1.82) is 0 Å². The third kappa shape index (κ3) is 1.96. The molecular formula is C10H7BrN2O3. The molecule has 0 atom stereocenters. The van der Waals surface area contributed by atoms with Crippen LogP contribution in [0, 0.1) is 0 Å². The number of halogens is 1. The lowest BCUT2D eigenvalue weighted by atomic mass is 10.2. The molecule has 0 saturated carbocycles. The fourth-order valence-electron chi connectivity index (χ4n) is 1.19. The van der Waals surface area contributed by atoms with Crippen molar-refractivity contribution in [2.45, 2.75) is 6.92 Å². The molecule has 2 rings (SSSR count). The van der Waals surface area contributed by atoms with Crippen molar-refractivity contribution >= 4 is 21.8 Å². The molecule has 1 heterocycles. The number of carbonyl (C=O) groups is 1. The first-order chi connectivity index (χ1) is 7.58. The van der Waals surface area contributed by atoms with Crippen LogP contribution >= 0.6 is 15.9 Å². The van der Waals surface area contributed by atoms with E-state index in [-0.39, 0.29) is 5.89 Å². The molecule has 1 aromatic carbocycles. The van der Waals surface area contributed by atoms with Gasteiger partial charge in [-0.3, -0.25) is 4.79 Å². The Hall–Kier alpha value is -1.69. The summed E-state index contributed by atoms with van der Waals surface area (Å²) in [6.45, 7) is 1.25. The van der Waals surface area contributed by atoms with Crippen LogP contribution in [0.1, 0.15) is 11.7 Å². The SMILES string of the molecule is CC(=O)n1nc(-c2ccc(Br)cc2)oc1=O. The van der Waals surface area contributed by atoms with Crippen molar-refractivity contribution in [3.8, 4) is 11.5 Å². The number of carbonyl (C=O) groups excluding carboxylic acids is 1. The number of hydrogen-bond acceptors (Lipinski definition) is 4. The zero-order chi connectivity index (χ0) is 11.7. The zero-order valence-electron chi connectivity index (χ0n) is 8.31. The highest BCUT2D eigenvalue weighted by molar-refractivity contribution is 9.10. The molecule has 0 radical (unpaired) electrons. The predicted octanol–water partition coefficient (Wildman–Crippen LogP) is 1.93. The largest absolute Gasteiger partial charge is 0.444 e. The molecule has 0 aliphatic carbocycles. The van der Waals surface area contributed by atoms with Gasteiger partial charge in [-0.05, 0) is 24.3 Å². The Morgan fingerprint density at radius 3 is 2.50 bits per heavy atom. The minimum atomic E-state index is -0.773. The van der Waals surface area contributed by atoms with Crippen LogP contribution in [0.2, 0.25) is 0 Å². The van der Waals surface area contributed by atoms with E-state index < -0.39 is 11.7 Å². The maximum Gasteiger partial charge on any atom is 0.444 e. The predicted molar refractivity (Wildman–Crippen MR) is 60.2 cm³/mol. The van der Waals surface area contributed by atoms with Gasteiger partial charge in [-0.1, -0.05) is 15.9 Å². The summed E-state index contributed by atoms with van der Waals surface area (Å²) in [5.41, 5.74) is 0.639. The van der Waals surface area contributed by atoms with Crippen LogP contribution in [0.5, 0.6) is 0 Å². The standard InChI is InChI=1S/C10H7BrN2O3/c1-6(14)13-10(15)16-9(12-13)7-2-4-8(11)5-3-7/h2-5H,1H3. The fourth-order valence-corrected chi connectivity index (χ4v) is 1.45. The first-order valence-electron chi connectivity index (χ1n) is 4.45. The molecule has 0 amide bonds. The molecule has 0 fully saturated rings. The molecule has 0 unspecified atom stereocenters. The van der Waals surface area contributed by atoms with Gasteiger partial charge < -0.3 is 4.42 Å². The normalized spacial score (nSPS) is 10.4. The average Bonchev–Trinajstić information content (AvgIpc) is 2.61. The van der Waals surface area contributed by atoms with Crippen LogP contribution in [0.3, 0.4) is 0 Å². The summed E-state index contributed by atoms with van der Waals surface area (Å²) in [6.07, 6.45) is 0. The quantitative estimate of drug-likeness (QED) is 0.802. The Morgan fingerprint density at radius 2 is 2.00 bits per heavy atom. The van der Waals surface area contributed by atoms with Gasteiger partial charge in [-0.2, -0.15) is 0 Å². The smallest absolute Gasteiger partial charge is 0.387 e. The monoisotopic (exact) mass is 282 g/mol. The van der Waals surface area contributed by atoms with Crippen molar-refractivity contribution in [2.75, 3.05) is 0 Å². The summed E-state index contributed by atoms with van der Waals surface area (Å²) in [5, 5.41) is 3.78. The summed E-state index contributed by atoms with van der Waals surface area (Å²) in [7, 11) is 0. The molecule has 0 bridgehead atoms. The van der Waals surface area contributed by atoms with E-state index in [0.717, 1.165) is 4.47 Å². The van der Waals surface area contributed by atoms with Crippen LogP contribution in [0.4, 0.5) is 0 Å². The van der Waals surface area contributed by atoms with Gasteiger partial charge in [0.1, 0.15) is 0 Å². The number of hydrogen-bond donors (Lipinski definition) is 0. The average molecular weight is 283 g/mol. The summed E-state index contributed by atoms with van der Waals surface area (Å²) in [5.74, 6) is -1.12. The van der Waals surface area contributed by atoms with Gasteiger partial charge in [-0.25, -0.2) is 4.79 Å². The van der Waals surface area contributed by atoms with E-state index in [0.29, 0.717) is 10.2 Å². The summed E-state index contributed by atoms with van der Waals surface area (Å²) >= 11 is 3.29.